The number of aromatic amines is 1. The summed E-state index contributed by atoms with van der Waals surface area (Å²) in [5.74, 6) is -0.941. The van der Waals surface area contributed by atoms with Crippen LogP contribution < -0.4 is 5.32 Å². The summed E-state index contributed by atoms with van der Waals surface area (Å²) < 4.78 is 0. The van der Waals surface area contributed by atoms with Crippen LogP contribution in [0.1, 0.15) is 11.3 Å². The van der Waals surface area contributed by atoms with Gasteiger partial charge >= 0.3 is 5.97 Å². The molecule has 0 amide bonds. The Labute approximate surface area is 108 Å². The third-order valence-electron chi connectivity index (χ3n) is 3.13. The Morgan fingerprint density at radius 3 is 3.00 bits per heavy atom. The fourth-order valence-electron chi connectivity index (χ4n) is 2.32. The van der Waals surface area contributed by atoms with Crippen molar-refractivity contribution < 1.29 is 9.90 Å². The highest BCUT2D eigenvalue weighted by atomic mass is 35.5. The first-order chi connectivity index (χ1) is 8.66. The maximum atomic E-state index is 11.3. The molecule has 2 heterocycles. The second-order valence-corrected chi connectivity index (χ2v) is 4.67. The third-order valence-corrected chi connectivity index (χ3v) is 3.37. The first-order valence-electron chi connectivity index (χ1n) is 5.64. The van der Waals surface area contributed by atoms with Gasteiger partial charge in [-0.15, -0.1) is 0 Å². The molecule has 3 N–H and O–H groups in total. The van der Waals surface area contributed by atoms with Crippen molar-refractivity contribution in [3.63, 3.8) is 0 Å². The monoisotopic (exact) mass is 262 g/mol. The fourth-order valence-corrected chi connectivity index (χ4v) is 2.49. The average molecular weight is 263 g/mol. The van der Waals surface area contributed by atoms with E-state index >= 15 is 0 Å². The number of benzene rings is 1. The van der Waals surface area contributed by atoms with Gasteiger partial charge in [-0.25, -0.2) is 4.79 Å². The number of halogens is 1. The molecule has 1 aromatic heterocycles. The summed E-state index contributed by atoms with van der Waals surface area (Å²) in [5.41, 5.74) is 2.85. The second-order valence-electron chi connectivity index (χ2n) is 4.24. The molecule has 0 atom stereocenters. The van der Waals surface area contributed by atoms with E-state index in [1.54, 1.807) is 12.3 Å². The van der Waals surface area contributed by atoms with Crippen molar-refractivity contribution in [2.75, 3.05) is 6.54 Å². The van der Waals surface area contributed by atoms with Crippen molar-refractivity contribution in [3.05, 3.63) is 40.7 Å². The summed E-state index contributed by atoms with van der Waals surface area (Å²) in [6.45, 7) is 0.712. The smallest absolute Gasteiger partial charge is 0.339 e. The number of rotatable bonds is 1. The maximum Gasteiger partial charge on any atom is 0.339 e. The lowest BCUT2D eigenvalue weighted by Gasteiger charge is -2.00. The molecule has 0 fully saturated rings. The molecule has 0 bridgehead atoms. The molecule has 4 nitrogen and oxygen atoms in total. The lowest BCUT2D eigenvalue weighted by molar-refractivity contribution is -0.130. The summed E-state index contributed by atoms with van der Waals surface area (Å²) >= 11 is 6.00. The molecule has 1 aliphatic heterocycles. The number of carboxylic acids is 1. The van der Waals surface area contributed by atoms with Crippen LogP contribution in [0.4, 0.5) is 0 Å². The summed E-state index contributed by atoms with van der Waals surface area (Å²) in [4.78, 5) is 14.4. The van der Waals surface area contributed by atoms with Crippen LogP contribution in [-0.2, 0) is 11.2 Å². The minimum Gasteiger partial charge on any atom is -0.478 e. The van der Waals surface area contributed by atoms with E-state index in [2.05, 4.69) is 10.3 Å². The molecule has 0 saturated heterocycles. The molecular weight excluding hydrogens is 252 g/mol. The van der Waals surface area contributed by atoms with Crippen molar-refractivity contribution in [2.45, 2.75) is 6.42 Å². The van der Waals surface area contributed by atoms with Crippen LogP contribution in [-0.4, -0.2) is 22.6 Å². The van der Waals surface area contributed by atoms with Gasteiger partial charge in [-0.2, -0.15) is 0 Å². The molecule has 1 aromatic carbocycles. The van der Waals surface area contributed by atoms with Crippen LogP contribution >= 0.6 is 11.6 Å². The molecule has 0 radical (unpaired) electrons. The minimum absolute atomic E-state index is 0.259. The Kier molecular flexibility index (Phi) is 2.52. The van der Waals surface area contributed by atoms with Gasteiger partial charge in [-0.3, -0.25) is 0 Å². The van der Waals surface area contributed by atoms with Crippen LogP contribution in [0.15, 0.2) is 24.4 Å². The fraction of sp³-hybridized carbons (Fsp3) is 0.154. The van der Waals surface area contributed by atoms with Gasteiger partial charge in [0.05, 0.1) is 11.3 Å². The van der Waals surface area contributed by atoms with Gasteiger partial charge in [0.25, 0.3) is 0 Å². The Bertz CT molecular complexity index is 673. The zero-order valence-corrected chi connectivity index (χ0v) is 10.2. The number of aromatic nitrogens is 1. The molecule has 0 unspecified atom stereocenters. The molecule has 0 spiro atoms. The van der Waals surface area contributed by atoms with E-state index in [0.717, 1.165) is 22.9 Å². The van der Waals surface area contributed by atoms with Gasteiger partial charge in [0.15, 0.2) is 0 Å². The number of hydrogen-bond donors (Lipinski definition) is 3. The van der Waals surface area contributed by atoms with Crippen LogP contribution in [0.25, 0.3) is 16.5 Å². The van der Waals surface area contributed by atoms with Crippen molar-refractivity contribution in [2.24, 2.45) is 0 Å². The van der Waals surface area contributed by atoms with Gasteiger partial charge in [0, 0.05) is 28.7 Å². The van der Waals surface area contributed by atoms with Gasteiger partial charge in [-0.1, -0.05) is 11.6 Å². The zero-order chi connectivity index (χ0) is 12.7. The highest BCUT2D eigenvalue weighted by Crippen LogP contribution is 2.30. The van der Waals surface area contributed by atoms with E-state index in [-0.39, 0.29) is 5.57 Å². The normalized spacial score (nSPS) is 14.6. The van der Waals surface area contributed by atoms with Crippen LogP contribution in [0, 0.1) is 0 Å². The molecule has 3 rings (SSSR count). The average Bonchev–Trinajstić information content (AvgIpc) is 2.55. The first-order valence-corrected chi connectivity index (χ1v) is 6.02. The van der Waals surface area contributed by atoms with Crippen molar-refractivity contribution in [1.29, 1.82) is 0 Å². The third kappa shape index (κ3) is 1.66. The van der Waals surface area contributed by atoms with Crippen molar-refractivity contribution >= 4 is 34.0 Å². The molecule has 1 aliphatic rings. The molecule has 2 aromatic rings. The Hall–Kier alpha value is -1.94. The molecule has 18 heavy (non-hydrogen) atoms. The standard InChI is InChI=1S/C13H11ClN2O2/c14-7-1-2-11-9(5-7)8-3-4-15-6-10(13(17)18)12(8)16-11/h1-2,5-6,15-16H,3-4H2,(H,17,18). The van der Waals surface area contributed by atoms with E-state index < -0.39 is 5.97 Å². The largest absolute Gasteiger partial charge is 0.478 e. The van der Waals surface area contributed by atoms with Crippen LogP contribution in [0.5, 0.6) is 0 Å². The minimum atomic E-state index is -0.941. The second kappa shape index (κ2) is 4.07. The summed E-state index contributed by atoms with van der Waals surface area (Å²) in [6.07, 6.45) is 2.31. The highest BCUT2D eigenvalue weighted by molar-refractivity contribution is 6.31. The predicted molar refractivity (Wildman–Crippen MR) is 70.6 cm³/mol. The summed E-state index contributed by atoms with van der Waals surface area (Å²) in [7, 11) is 0. The predicted octanol–water partition coefficient (Wildman–Crippen LogP) is 2.39. The van der Waals surface area contributed by atoms with E-state index in [9.17, 15) is 9.90 Å². The lowest BCUT2D eigenvalue weighted by atomic mass is 10.0. The number of H-pyrrole nitrogens is 1. The van der Waals surface area contributed by atoms with Crippen molar-refractivity contribution in [1.82, 2.24) is 10.3 Å². The number of carboxylic acid groups (broad SMARTS) is 1. The molecule has 92 valence electrons. The SMILES string of the molecule is O=C(O)C1=CNCCc2c1[nH]c1ccc(Cl)cc21. The Balaban J connectivity index is 2.30. The Morgan fingerprint density at radius 1 is 1.39 bits per heavy atom. The topological polar surface area (TPSA) is 65.1 Å². The van der Waals surface area contributed by atoms with E-state index in [1.807, 2.05) is 12.1 Å². The Morgan fingerprint density at radius 2 is 2.22 bits per heavy atom. The maximum absolute atomic E-state index is 11.3. The first kappa shape index (κ1) is 11.2. The number of fused-ring (bicyclic) bond motifs is 3. The number of nitrogens with one attached hydrogen (secondary N) is 2. The van der Waals surface area contributed by atoms with Crippen LogP contribution in [0.2, 0.25) is 5.02 Å². The summed E-state index contributed by atoms with van der Waals surface area (Å²) in [6, 6.07) is 5.54. The molecular formula is C13H11ClN2O2. The number of hydrogen-bond acceptors (Lipinski definition) is 2. The van der Waals surface area contributed by atoms with Crippen molar-refractivity contribution in [3.8, 4) is 0 Å². The quantitative estimate of drug-likeness (QED) is 0.739. The van der Waals surface area contributed by atoms with Gasteiger partial charge < -0.3 is 15.4 Å². The molecule has 5 heteroatoms. The van der Waals surface area contributed by atoms with E-state index in [0.29, 0.717) is 17.3 Å². The van der Waals surface area contributed by atoms with Gasteiger partial charge in [0.2, 0.25) is 0 Å². The van der Waals surface area contributed by atoms with E-state index in [4.69, 9.17) is 11.6 Å². The highest BCUT2D eigenvalue weighted by Gasteiger charge is 2.21. The molecule has 0 aliphatic carbocycles. The lowest BCUT2D eigenvalue weighted by Crippen LogP contribution is -2.08. The number of aliphatic carboxylic acids is 1. The van der Waals surface area contributed by atoms with E-state index in [1.165, 1.54) is 0 Å². The number of carbonyl (C=O) groups is 1. The zero-order valence-electron chi connectivity index (χ0n) is 9.46. The van der Waals surface area contributed by atoms with Gasteiger partial charge in [0.1, 0.15) is 0 Å². The van der Waals surface area contributed by atoms with Crippen LogP contribution in [0.3, 0.4) is 0 Å². The van der Waals surface area contributed by atoms with Gasteiger partial charge in [-0.05, 0) is 30.2 Å². The summed E-state index contributed by atoms with van der Waals surface area (Å²) in [5, 5.41) is 13.9. The molecule has 0 saturated carbocycles.